The highest BCUT2D eigenvalue weighted by atomic mass is 32.1. The number of rotatable bonds is 8. The first-order valence-corrected chi connectivity index (χ1v) is 8.15. The zero-order valence-electron chi connectivity index (χ0n) is 12.6. The van der Waals surface area contributed by atoms with Crippen LogP contribution >= 0.6 is 11.3 Å². The highest BCUT2D eigenvalue weighted by Gasteiger charge is 2.17. The SMILES string of the molecule is CCN(CC)C(=O)CN(Cc1ccco1)Cc1cccs1. The normalized spacial score (nSPS) is 11.0. The van der Waals surface area contributed by atoms with Crippen LogP contribution in [0.1, 0.15) is 24.5 Å². The molecule has 0 atom stereocenters. The fourth-order valence-electron chi connectivity index (χ4n) is 2.28. The minimum Gasteiger partial charge on any atom is -0.468 e. The Kier molecular flexibility index (Phi) is 6.02. The summed E-state index contributed by atoms with van der Waals surface area (Å²) >= 11 is 1.71. The lowest BCUT2D eigenvalue weighted by molar-refractivity contribution is -0.132. The summed E-state index contributed by atoms with van der Waals surface area (Å²) in [5, 5.41) is 2.06. The first-order valence-electron chi connectivity index (χ1n) is 7.27. The van der Waals surface area contributed by atoms with Crippen molar-refractivity contribution in [3.8, 4) is 0 Å². The van der Waals surface area contributed by atoms with Crippen molar-refractivity contribution in [1.82, 2.24) is 9.80 Å². The molecule has 5 heteroatoms. The molecule has 2 heterocycles. The van der Waals surface area contributed by atoms with Gasteiger partial charge in [0.1, 0.15) is 5.76 Å². The van der Waals surface area contributed by atoms with Crippen molar-refractivity contribution < 1.29 is 9.21 Å². The Morgan fingerprint density at radius 3 is 2.57 bits per heavy atom. The minimum absolute atomic E-state index is 0.170. The Hall–Kier alpha value is -1.59. The largest absolute Gasteiger partial charge is 0.468 e. The topological polar surface area (TPSA) is 36.7 Å². The molecule has 2 aromatic heterocycles. The van der Waals surface area contributed by atoms with Gasteiger partial charge in [0.05, 0.1) is 19.4 Å². The van der Waals surface area contributed by atoms with Crippen LogP contribution in [0, 0.1) is 0 Å². The number of carbonyl (C=O) groups is 1. The first-order chi connectivity index (χ1) is 10.2. The molecule has 0 aromatic carbocycles. The van der Waals surface area contributed by atoms with Crippen molar-refractivity contribution in [1.29, 1.82) is 0 Å². The highest BCUT2D eigenvalue weighted by molar-refractivity contribution is 7.09. The highest BCUT2D eigenvalue weighted by Crippen LogP contribution is 2.15. The molecule has 4 nitrogen and oxygen atoms in total. The van der Waals surface area contributed by atoms with Gasteiger partial charge in [0.2, 0.25) is 5.91 Å². The van der Waals surface area contributed by atoms with Crippen LogP contribution in [-0.2, 0) is 17.9 Å². The van der Waals surface area contributed by atoms with Crippen LogP contribution < -0.4 is 0 Å². The van der Waals surface area contributed by atoms with Gasteiger partial charge in [-0.3, -0.25) is 9.69 Å². The maximum absolute atomic E-state index is 12.3. The number of carbonyl (C=O) groups excluding carboxylic acids is 1. The second-order valence-corrected chi connectivity index (χ2v) is 5.90. The summed E-state index contributed by atoms with van der Waals surface area (Å²) in [6.45, 7) is 7.37. The Morgan fingerprint density at radius 2 is 2.00 bits per heavy atom. The third-order valence-corrected chi connectivity index (χ3v) is 4.26. The smallest absolute Gasteiger partial charge is 0.236 e. The molecule has 0 spiro atoms. The summed E-state index contributed by atoms with van der Waals surface area (Å²) in [6, 6.07) is 7.97. The van der Waals surface area contributed by atoms with Gasteiger partial charge in [-0.15, -0.1) is 11.3 Å². The zero-order chi connectivity index (χ0) is 15.1. The second kappa shape index (κ2) is 8.00. The number of amides is 1. The fraction of sp³-hybridized carbons (Fsp3) is 0.438. The average molecular weight is 306 g/mol. The summed E-state index contributed by atoms with van der Waals surface area (Å²) in [6.07, 6.45) is 1.67. The molecule has 0 aliphatic heterocycles. The molecule has 0 aliphatic rings. The van der Waals surface area contributed by atoms with E-state index in [9.17, 15) is 4.79 Å². The van der Waals surface area contributed by atoms with E-state index in [1.54, 1.807) is 17.6 Å². The van der Waals surface area contributed by atoms with Gasteiger partial charge in [0, 0.05) is 24.5 Å². The quantitative estimate of drug-likeness (QED) is 0.751. The van der Waals surface area contributed by atoms with Gasteiger partial charge >= 0.3 is 0 Å². The van der Waals surface area contributed by atoms with Gasteiger partial charge in [-0.05, 0) is 37.4 Å². The molecular weight excluding hydrogens is 284 g/mol. The molecular formula is C16H22N2O2S. The van der Waals surface area contributed by atoms with Crippen molar-refractivity contribution in [2.75, 3.05) is 19.6 Å². The molecule has 0 saturated heterocycles. The summed E-state index contributed by atoms with van der Waals surface area (Å²) in [4.78, 5) is 17.6. The molecule has 2 rings (SSSR count). The van der Waals surface area contributed by atoms with Crippen LogP contribution in [0.2, 0.25) is 0 Å². The van der Waals surface area contributed by atoms with Gasteiger partial charge < -0.3 is 9.32 Å². The number of furan rings is 1. The van der Waals surface area contributed by atoms with Gasteiger partial charge in [0.15, 0.2) is 0 Å². The molecule has 0 bridgehead atoms. The molecule has 0 fully saturated rings. The van der Waals surface area contributed by atoms with Gasteiger partial charge in [-0.25, -0.2) is 0 Å². The number of hydrogen-bond acceptors (Lipinski definition) is 4. The van der Waals surface area contributed by atoms with Crippen molar-refractivity contribution in [2.45, 2.75) is 26.9 Å². The monoisotopic (exact) mass is 306 g/mol. The van der Waals surface area contributed by atoms with E-state index in [1.807, 2.05) is 36.9 Å². The van der Waals surface area contributed by atoms with E-state index in [1.165, 1.54) is 4.88 Å². The first kappa shape index (κ1) is 15.8. The van der Waals surface area contributed by atoms with Crippen LogP contribution in [0.15, 0.2) is 40.3 Å². The van der Waals surface area contributed by atoms with Crippen molar-refractivity contribution in [3.05, 3.63) is 46.5 Å². The van der Waals surface area contributed by atoms with E-state index >= 15 is 0 Å². The molecule has 114 valence electrons. The zero-order valence-corrected chi connectivity index (χ0v) is 13.4. The third kappa shape index (κ3) is 4.72. The van der Waals surface area contributed by atoms with Gasteiger partial charge in [-0.1, -0.05) is 6.07 Å². The molecule has 1 amide bonds. The van der Waals surface area contributed by atoms with E-state index in [-0.39, 0.29) is 5.91 Å². The van der Waals surface area contributed by atoms with Crippen LogP contribution in [0.25, 0.3) is 0 Å². The Bertz CT molecular complexity index is 482. The van der Waals surface area contributed by atoms with E-state index in [0.717, 1.165) is 25.4 Å². The molecule has 0 N–H and O–H groups in total. The summed E-state index contributed by atoms with van der Waals surface area (Å²) in [5.41, 5.74) is 0. The Morgan fingerprint density at radius 1 is 1.19 bits per heavy atom. The lowest BCUT2D eigenvalue weighted by Crippen LogP contribution is -2.39. The molecule has 0 aliphatic carbocycles. The maximum atomic E-state index is 12.3. The number of nitrogens with zero attached hydrogens (tertiary/aromatic N) is 2. The Labute approximate surface area is 130 Å². The standard InChI is InChI=1S/C16H22N2O2S/c1-3-18(4-2)16(19)13-17(11-14-7-5-9-20-14)12-15-8-6-10-21-15/h5-10H,3-4,11-13H2,1-2H3. The van der Waals surface area contributed by atoms with Crippen LogP contribution in [0.3, 0.4) is 0 Å². The third-order valence-electron chi connectivity index (χ3n) is 3.39. The average Bonchev–Trinajstić information content (AvgIpc) is 3.13. The summed E-state index contributed by atoms with van der Waals surface area (Å²) in [5.74, 6) is 1.06. The molecule has 0 unspecified atom stereocenters. The Balaban J connectivity index is 2.02. The lowest BCUT2D eigenvalue weighted by Gasteiger charge is -2.25. The predicted molar refractivity (Wildman–Crippen MR) is 85.1 cm³/mol. The number of thiophene rings is 1. The number of likely N-dealkylation sites (N-methyl/N-ethyl adjacent to an activating group) is 1. The van der Waals surface area contributed by atoms with E-state index in [2.05, 4.69) is 16.3 Å². The van der Waals surface area contributed by atoms with Crippen molar-refractivity contribution >= 4 is 17.2 Å². The minimum atomic E-state index is 0.170. The molecule has 2 aromatic rings. The van der Waals surface area contributed by atoms with Gasteiger partial charge in [-0.2, -0.15) is 0 Å². The van der Waals surface area contributed by atoms with Crippen LogP contribution in [-0.4, -0.2) is 35.3 Å². The fourth-order valence-corrected chi connectivity index (χ4v) is 3.03. The molecule has 0 radical (unpaired) electrons. The van der Waals surface area contributed by atoms with Crippen LogP contribution in [0.4, 0.5) is 0 Å². The molecule has 21 heavy (non-hydrogen) atoms. The summed E-state index contributed by atoms with van der Waals surface area (Å²) in [7, 11) is 0. The second-order valence-electron chi connectivity index (χ2n) is 4.87. The van der Waals surface area contributed by atoms with E-state index < -0.39 is 0 Å². The van der Waals surface area contributed by atoms with Crippen molar-refractivity contribution in [3.63, 3.8) is 0 Å². The van der Waals surface area contributed by atoms with Crippen LogP contribution in [0.5, 0.6) is 0 Å². The predicted octanol–water partition coefficient (Wildman–Crippen LogP) is 3.21. The lowest BCUT2D eigenvalue weighted by atomic mass is 10.3. The van der Waals surface area contributed by atoms with E-state index in [4.69, 9.17) is 4.42 Å². The number of hydrogen-bond donors (Lipinski definition) is 0. The van der Waals surface area contributed by atoms with Crippen molar-refractivity contribution in [2.24, 2.45) is 0 Å². The molecule has 0 saturated carbocycles. The van der Waals surface area contributed by atoms with E-state index in [0.29, 0.717) is 13.1 Å². The summed E-state index contributed by atoms with van der Waals surface area (Å²) < 4.78 is 5.41. The van der Waals surface area contributed by atoms with Gasteiger partial charge in [0.25, 0.3) is 0 Å². The maximum Gasteiger partial charge on any atom is 0.236 e.